The number of rotatable bonds is 1. The van der Waals surface area contributed by atoms with Crippen molar-refractivity contribution in [2.45, 2.75) is 26.2 Å². The van der Waals surface area contributed by atoms with Gasteiger partial charge in [-0.2, -0.15) is 0 Å². The Hall–Kier alpha value is -1.46. The van der Waals surface area contributed by atoms with Crippen molar-refractivity contribution in [2.75, 3.05) is 0 Å². The van der Waals surface area contributed by atoms with Crippen molar-refractivity contribution in [1.29, 1.82) is 0 Å². The predicted molar refractivity (Wildman–Crippen MR) is 84.7 cm³/mol. The van der Waals surface area contributed by atoms with Gasteiger partial charge in [0.2, 0.25) is 0 Å². The minimum absolute atomic E-state index is 0. The maximum absolute atomic E-state index is 4.53. The van der Waals surface area contributed by atoms with Gasteiger partial charge < -0.3 is 0 Å². The second-order valence-corrected chi connectivity index (χ2v) is 6.12. The van der Waals surface area contributed by atoms with Gasteiger partial charge in [0.1, 0.15) is 0 Å². The van der Waals surface area contributed by atoms with E-state index in [9.17, 15) is 0 Å². The molecule has 2 aromatic carbocycles. The summed E-state index contributed by atoms with van der Waals surface area (Å²) in [7, 11) is 0. The van der Waals surface area contributed by atoms with Gasteiger partial charge in [0, 0.05) is 32.8 Å². The minimum Gasteiger partial charge on any atom is -0.266 e. The third-order valence-electron chi connectivity index (χ3n) is 3.59. The fraction of sp³-hybridized carbons (Fsp3) is 0.211. The van der Waals surface area contributed by atoms with Crippen LogP contribution in [0.15, 0.2) is 54.7 Å². The predicted octanol–water partition coefficient (Wildman–Crippen LogP) is 5.00. The molecule has 3 aromatic rings. The monoisotopic (exact) mass is 455 g/mol. The Kier molecular flexibility index (Phi) is 4.63. The summed E-state index contributed by atoms with van der Waals surface area (Å²) < 4.78 is 0. The van der Waals surface area contributed by atoms with E-state index in [4.69, 9.17) is 0 Å². The van der Waals surface area contributed by atoms with Crippen LogP contribution in [0.4, 0.5) is 0 Å². The third kappa shape index (κ3) is 3.24. The van der Waals surface area contributed by atoms with Gasteiger partial charge in [-0.05, 0) is 16.9 Å². The van der Waals surface area contributed by atoms with E-state index in [1.807, 2.05) is 18.3 Å². The van der Waals surface area contributed by atoms with Crippen molar-refractivity contribution < 1.29 is 21.1 Å². The molecule has 3 rings (SSSR count). The van der Waals surface area contributed by atoms with Crippen LogP contribution in [0.3, 0.4) is 0 Å². The Morgan fingerprint density at radius 2 is 1.76 bits per heavy atom. The Morgan fingerprint density at radius 3 is 2.52 bits per heavy atom. The first-order valence-corrected chi connectivity index (χ1v) is 6.92. The van der Waals surface area contributed by atoms with Gasteiger partial charge in [-0.25, -0.2) is 0 Å². The average molecular weight is 455 g/mol. The van der Waals surface area contributed by atoms with Crippen molar-refractivity contribution in [2.24, 2.45) is 0 Å². The number of pyridine rings is 1. The molecule has 0 aliphatic heterocycles. The summed E-state index contributed by atoms with van der Waals surface area (Å²) in [4.78, 5) is 4.53. The average Bonchev–Trinajstić information content (AvgIpc) is 2.46. The van der Waals surface area contributed by atoms with E-state index in [-0.39, 0.29) is 26.5 Å². The summed E-state index contributed by atoms with van der Waals surface area (Å²) in [6.07, 6.45) is 1.85. The first kappa shape index (κ1) is 15.9. The normalized spacial score (nSPS) is 11.2. The number of para-hydroxylation sites is 1. The smallest absolute Gasteiger partial charge is 0.0366 e. The standard InChI is InChI=1S/C19H18N.Pt/c1-19(2,3)16-10-4-8-15(13-16)17-11-5-7-14-9-6-12-20-18(14)17;/h4-7,9-13H,1-3H3;/q-1;. The molecule has 1 heterocycles. The summed E-state index contributed by atoms with van der Waals surface area (Å²) in [5.41, 5.74) is 4.76. The van der Waals surface area contributed by atoms with Crippen molar-refractivity contribution in [1.82, 2.24) is 4.98 Å². The molecule has 0 saturated heterocycles. The Morgan fingerprint density at radius 1 is 1.00 bits per heavy atom. The van der Waals surface area contributed by atoms with E-state index in [1.54, 1.807) is 0 Å². The quantitative estimate of drug-likeness (QED) is 0.471. The second-order valence-electron chi connectivity index (χ2n) is 6.12. The van der Waals surface area contributed by atoms with Crippen LogP contribution in [0.25, 0.3) is 22.0 Å². The third-order valence-corrected chi connectivity index (χ3v) is 3.59. The zero-order chi connectivity index (χ0) is 14.2. The fourth-order valence-electron chi connectivity index (χ4n) is 2.41. The summed E-state index contributed by atoms with van der Waals surface area (Å²) in [5, 5.41) is 1.17. The van der Waals surface area contributed by atoms with Crippen LogP contribution in [-0.4, -0.2) is 4.98 Å². The fourth-order valence-corrected chi connectivity index (χ4v) is 2.41. The molecule has 0 saturated carbocycles. The van der Waals surface area contributed by atoms with E-state index in [1.165, 1.54) is 10.9 Å². The van der Waals surface area contributed by atoms with Gasteiger partial charge in [-0.3, -0.25) is 4.98 Å². The first-order chi connectivity index (χ1) is 9.55. The van der Waals surface area contributed by atoms with Crippen LogP contribution in [0.1, 0.15) is 26.3 Å². The minimum atomic E-state index is 0. The summed E-state index contributed by atoms with van der Waals surface area (Å²) in [6.45, 7) is 6.69. The molecule has 1 nitrogen and oxygen atoms in total. The molecule has 110 valence electrons. The van der Waals surface area contributed by atoms with Gasteiger partial charge in [0.25, 0.3) is 0 Å². The Balaban J connectivity index is 0.00000161. The number of aromatic nitrogens is 1. The number of hydrogen-bond donors (Lipinski definition) is 0. The van der Waals surface area contributed by atoms with E-state index in [2.05, 4.69) is 68.2 Å². The molecule has 0 radical (unpaired) electrons. The molecule has 0 atom stereocenters. The van der Waals surface area contributed by atoms with Crippen molar-refractivity contribution in [3.05, 3.63) is 66.4 Å². The molecule has 0 unspecified atom stereocenters. The molecule has 0 amide bonds. The summed E-state index contributed by atoms with van der Waals surface area (Å²) in [6, 6.07) is 20.1. The molecule has 0 aliphatic carbocycles. The molecule has 21 heavy (non-hydrogen) atoms. The molecular formula is C19H18NPt-. The van der Waals surface area contributed by atoms with E-state index in [0.717, 1.165) is 16.6 Å². The van der Waals surface area contributed by atoms with Crippen LogP contribution >= 0.6 is 0 Å². The summed E-state index contributed by atoms with van der Waals surface area (Å²) >= 11 is 0. The molecule has 0 bridgehead atoms. The van der Waals surface area contributed by atoms with Gasteiger partial charge in [-0.15, -0.1) is 35.4 Å². The van der Waals surface area contributed by atoms with Crippen LogP contribution < -0.4 is 0 Å². The number of benzene rings is 2. The second kappa shape index (κ2) is 6.11. The maximum atomic E-state index is 4.53. The molecule has 2 heteroatoms. The topological polar surface area (TPSA) is 12.9 Å². The van der Waals surface area contributed by atoms with E-state index in [0.29, 0.717) is 0 Å². The van der Waals surface area contributed by atoms with Gasteiger partial charge in [0.05, 0.1) is 0 Å². The molecule has 0 aliphatic rings. The zero-order valence-corrected chi connectivity index (χ0v) is 14.7. The zero-order valence-electron chi connectivity index (χ0n) is 12.5. The molecule has 0 fully saturated rings. The number of fused-ring (bicyclic) bond motifs is 1. The van der Waals surface area contributed by atoms with Crippen LogP contribution in [0.2, 0.25) is 0 Å². The van der Waals surface area contributed by atoms with Gasteiger partial charge in [0.15, 0.2) is 0 Å². The number of hydrogen-bond acceptors (Lipinski definition) is 1. The Labute approximate surface area is 140 Å². The van der Waals surface area contributed by atoms with Gasteiger partial charge >= 0.3 is 0 Å². The first-order valence-electron chi connectivity index (χ1n) is 6.92. The van der Waals surface area contributed by atoms with E-state index >= 15 is 0 Å². The molecule has 0 N–H and O–H groups in total. The largest absolute Gasteiger partial charge is 0.266 e. The van der Waals surface area contributed by atoms with Crippen molar-refractivity contribution in [3.63, 3.8) is 0 Å². The SMILES string of the molecule is CC(C)(C)c1cc[c-]c(-c2cccc3cccnc23)c1.[Pt]. The van der Waals surface area contributed by atoms with Crippen LogP contribution in [0.5, 0.6) is 0 Å². The summed E-state index contributed by atoms with van der Waals surface area (Å²) in [5.74, 6) is 0. The van der Waals surface area contributed by atoms with Crippen LogP contribution in [0, 0.1) is 6.07 Å². The van der Waals surface area contributed by atoms with Crippen molar-refractivity contribution in [3.8, 4) is 11.1 Å². The number of nitrogens with zero attached hydrogens (tertiary/aromatic N) is 1. The van der Waals surface area contributed by atoms with Crippen LogP contribution in [-0.2, 0) is 26.5 Å². The Bertz CT molecular complexity index is 751. The molecule has 0 spiro atoms. The van der Waals surface area contributed by atoms with Crippen molar-refractivity contribution >= 4 is 10.9 Å². The van der Waals surface area contributed by atoms with Gasteiger partial charge in [-0.1, -0.05) is 50.6 Å². The maximum Gasteiger partial charge on any atom is 0.0366 e. The molecular weight excluding hydrogens is 437 g/mol. The van der Waals surface area contributed by atoms with E-state index < -0.39 is 0 Å². The molecule has 1 aromatic heterocycles.